The highest BCUT2D eigenvalue weighted by Gasteiger charge is 2.21. The average Bonchev–Trinajstić information content (AvgIpc) is 2.52. The summed E-state index contributed by atoms with van der Waals surface area (Å²) in [6.45, 7) is 6.93. The second-order valence-corrected chi connectivity index (χ2v) is 6.30. The van der Waals surface area contributed by atoms with Gasteiger partial charge in [-0.1, -0.05) is 19.8 Å². The van der Waals surface area contributed by atoms with E-state index in [0.29, 0.717) is 0 Å². The van der Waals surface area contributed by atoms with E-state index >= 15 is 0 Å². The van der Waals surface area contributed by atoms with Crippen LogP contribution in [-0.4, -0.2) is 30.8 Å². The van der Waals surface area contributed by atoms with Gasteiger partial charge in [-0.3, -0.25) is 0 Å². The number of aliphatic hydroxyl groups excluding tert-OH is 1. The molecule has 124 valence electrons. The molecule has 0 saturated carbocycles. The van der Waals surface area contributed by atoms with Gasteiger partial charge in [-0.25, -0.2) is 4.39 Å². The molecule has 0 radical (unpaired) electrons. The molecule has 4 heteroatoms. The van der Waals surface area contributed by atoms with Gasteiger partial charge >= 0.3 is 0 Å². The smallest absolute Gasteiger partial charge is 0.123 e. The minimum absolute atomic E-state index is 0.134. The first kappa shape index (κ1) is 17.2. The molecule has 1 heterocycles. The second kappa shape index (κ2) is 8.49. The highest BCUT2D eigenvalue weighted by Crippen LogP contribution is 2.29. The molecule has 2 rings (SSSR count). The number of anilines is 1. The molecule has 22 heavy (non-hydrogen) atoms. The SMILES string of the molecule is CCCCCNC(C)c1cc(F)ccc1N1CCC(O)CC1. The average molecular weight is 308 g/mol. The van der Waals surface area contributed by atoms with Crippen LogP contribution >= 0.6 is 0 Å². The van der Waals surface area contributed by atoms with E-state index in [2.05, 4.69) is 24.1 Å². The van der Waals surface area contributed by atoms with Crippen molar-refractivity contribution in [2.45, 2.75) is 58.1 Å². The summed E-state index contributed by atoms with van der Waals surface area (Å²) in [5, 5.41) is 13.2. The topological polar surface area (TPSA) is 35.5 Å². The molecule has 1 fully saturated rings. The molecule has 1 aliphatic heterocycles. The van der Waals surface area contributed by atoms with Crippen LogP contribution in [0.2, 0.25) is 0 Å². The Morgan fingerprint density at radius 3 is 2.73 bits per heavy atom. The highest BCUT2D eigenvalue weighted by atomic mass is 19.1. The van der Waals surface area contributed by atoms with E-state index in [1.807, 2.05) is 6.07 Å². The van der Waals surface area contributed by atoms with Crippen LogP contribution in [0.15, 0.2) is 18.2 Å². The summed E-state index contributed by atoms with van der Waals surface area (Å²) in [6, 6.07) is 5.20. The molecule has 1 aromatic rings. The number of benzene rings is 1. The first-order valence-electron chi connectivity index (χ1n) is 8.57. The van der Waals surface area contributed by atoms with Crippen LogP contribution in [-0.2, 0) is 0 Å². The first-order chi connectivity index (χ1) is 10.6. The first-order valence-corrected chi connectivity index (χ1v) is 8.57. The minimum Gasteiger partial charge on any atom is -0.393 e. The maximum Gasteiger partial charge on any atom is 0.123 e. The van der Waals surface area contributed by atoms with Crippen LogP contribution in [0.3, 0.4) is 0 Å². The minimum atomic E-state index is -0.190. The fourth-order valence-electron chi connectivity index (χ4n) is 3.07. The maximum atomic E-state index is 13.7. The lowest BCUT2D eigenvalue weighted by Crippen LogP contribution is -2.37. The van der Waals surface area contributed by atoms with Crippen molar-refractivity contribution >= 4 is 5.69 Å². The van der Waals surface area contributed by atoms with Gasteiger partial charge in [0, 0.05) is 24.8 Å². The van der Waals surface area contributed by atoms with Gasteiger partial charge in [-0.2, -0.15) is 0 Å². The van der Waals surface area contributed by atoms with Crippen molar-refractivity contribution in [2.75, 3.05) is 24.5 Å². The fraction of sp³-hybridized carbons (Fsp3) is 0.667. The maximum absolute atomic E-state index is 13.7. The molecule has 0 aromatic heterocycles. The molecule has 1 unspecified atom stereocenters. The summed E-state index contributed by atoms with van der Waals surface area (Å²) in [5.74, 6) is -0.182. The van der Waals surface area contributed by atoms with Crippen LogP contribution in [0.4, 0.5) is 10.1 Å². The molecular formula is C18H29FN2O. The van der Waals surface area contributed by atoms with E-state index in [4.69, 9.17) is 0 Å². The third kappa shape index (κ3) is 4.68. The Morgan fingerprint density at radius 2 is 2.05 bits per heavy atom. The van der Waals surface area contributed by atoms with Crippen LogP contribution in [0, 0.1) is 5.82 Å². The van der Waals surface area contributed by atoms with E-state index in [1.54, 1.807) is 6.07 Å². The monoisotopic (exact) mass is 308 g/mol. The molecule has 3 nitrogen and oxygen atoms in total. The molecule has 0 spiro atoms. The van der Waals surface area contributed by atoms with Crippen LogP contribution in [0.1, 0.15) is 57.6 Å². The Morgan fingerprint density at radius 1 is 1.32 bits per heavy atom. The number of nitrogens with zero attached hydrogens (tertiary/aromatic N) is 1. The number of hydrogen-bond donors (Lipinski definition) is 2. The van der Waals surface area contributed by atoms with Gasteiger partial charge in [0.05, 0.1) is 6.10 Å². The Balaban J connectivity index is 2.06. The second-order valence-electron chi connectivity index (χ2n) is 6.30. The van der Waals surface area contributed by atoms with E-state index in [0.717, 1.165) is 50.1 Å². The van der Waals surface area contributed by atoms with Crippen molar-refractivity contribution in [3.8, 4) is 0 Å². The highest BCUT2D eigenvalue weighted by molar-refractivity contribution is 5.55. The molecule has 0 aliphatic carbocycles. The van der Waals surface area contributed by atoms with Crippen molar-refractivity contribution in [1.82, 2.24) is 5.32 Å². The molecule has 1 atom stereocenters. The molecule has 1 aromatic carbocycles. The molecule has 0 amide bonds. The normalized spacial score (nSPS) is 17.7. The van der Waals surface area contributed by atoms with Gasteiger partial charge < -0.3 is 15.3 Å². The lowest BCUT2D eigenvalue weighted by atomic mass is 10.0. The standard InChI is InChI=1S/C18H29FN2O/c1-3-4-5-10-20-14(2)17-13-15(19)6-7-18(17)21-11-8-16(22)9-12-21/h6-7,13-14,16,20,22H,3-5,8-12H2,1-2H3. The van der Waals surface area contributed by atoms with Crippen molar-refractivity contribution in [2.24, 2.45) is 0 Å². The lowest BCUT2D eigenvalue weighted by Gasteiger charge is -2.34. The van der Waals surface area contributed by atoms with Crippen molar-refractivity contribution in [3.63, 3.8) is 0 Å². The summed E-state index contributed by atoms with van der Waals surface area (Å²) in [4.78, 5) is 2.27. The zero-order valence-corrected chi connectivity index (χ0v) is 13.8. The third-order valence-electron chi connectivity index (χ3n) is 4.49. The van der Waals surface area contributed by atoms with Crippen LogP contribution < -0.4 is 10.2 Å². The lowest BCUT2D eigenvalue weighted by molar-refractivity contribution is 0.145. The van der Waals surface area contributed by atoms with E-state index < -0.39 is 0 Å². The number of hydrogen-bond acceptors (Lipinski definition) is 3. The van der Waals surface area contributed by atoms with E-state index in [-0.39, 0.29) is 18.0 Å². The number of nitrogens with one attached hydrogen (secondary N) is 1. The fourth-order valence-corrected chi connectivity index (χ4v) is 3.07. The van der Waals surface area contributed by atoms with Gasteiger partial charge in [-0.05, 0) is 56.5 Å². The van der Waals surface area contributed by atoms with Gasteiger partial charge in [0.2, 0.25) is 0 Å². The Kier molecular flexibility index (Phi) is 6.65. The Hall–Kier alpha value is -1.13. The zero-order valence-electron chi connectivity index (χ0n) is 13.8. The van der Waals surface area contributed by atoms with Crippen molar-refractivity contribution in [3.05, 3.63) is 29.6 Å². The molecule has 1 aliphatic rings. The molecule has 0 bridgehead atoms. The van der Waals surface area contributed by atoms with Crippen LogP contribution in [0.25, 0.3) is 0 Å². The quantitative estimate of drug-likeness (QED) is 0.755. The predicted octanol–water partition coefficient (Wildman–Crippen LogP) is 3.63. The van der Waals surface area contributed by atoms with E-state index in [9.17, 15) is 9.50 Å². The number of rotatable bonds is 7. The molecule has 2 N–H and O–H groups in total. The summed E-state index contributed by atoms with van der Waals surface area (Å²) >= 11 is 0. The number of aliphatic hydroxyl groups is 1. The largest absolute Gasteiger partial charge is 0.393 e. The zero-order chi connectivity index (χ0) is 15.9. The van der Waals surface area contributed by atoms with Crippen molar-refractivity contribution in [1.29, 1.82) is 0 Å². The van der Waals surface area contributed by atoms with E-state index in [1.165, 1.54) is 18.9 Å². The summed E-state index contributed by atoms with van der Waals surface area (Å²) < 4.78 is 13.7. The summed E-state index contributed by atoms with van der Waals surface area (Å²) in [7, 11) is 0. The number of piperidine rings is 1. The van der Waals surface area contributed by atoms with Gasteiger partial charge in [0.15, 0.2) is 0 Å². The van der Waals surface area contributed by atoms with Crippen molar-refractivity contribution < 1.29 is 9.50 Å². The number of halogens is 1. The number of unbranched alkanes of at least 4 members (excludes halogenated alkanes) is 2. The summed E-state index contributed by atoms with van der Waals surface area (Å²) in [6.07, 6.45) is 4.97. The third-order valence-corrected chi connectivity index (χ3v) is 4.49. The molecule has 1 saturated heterocycles. The Labute approximate surface area is 133 Å². The van der Waals surface area contributed by atoms with Gasteiger partial charge in [0.25, 0.3) is 0 Å². The van der Waals surface area contributed by atoms with Gasteiger partial charge in [-0.15, -0.1) is 0 Å². The van der Waals surface area contributed by atoms with Gasteiger partial charge in [0.1, 0.15) is 5.82 Å². The molecular weight excluding hydrogens is 279 g/mol. The predicted molar refractivity (Wildman–Crippen MR) is 89.8 cm³/mol. The van der Waals surface area contributed by atoms with Crippen LogP contribution in [0.5, 0.6) is 0 Å². The summed E-state index contributed by atoms with van der Waals surface area (Å²) in [5.41, 5.74) is 2.12. The Bertz CT molecular complexity index is 458.